The third-order valence-electron chi connectivity index (χ3n) is 3.00. The number of ether oxygens (including phenoxy) is 2. The van der Waals surface area contributed by atoms with Crippen molar-refractivity contribution in [2.24, 2.45) is 10.8 Å². The summed E-state index contributed by atoms with van der Waals surface area (Å²) >= 11 is 0. The zero-order chi connectivity index (χ0) is 13.1. The second-order valence-electron chi connectivity index (χ2n) is 5.61. The van der Waals surface area contributed by atoms with Crippen LogP contribution < -0.4 is 5.32 Å². The van der Waals surface area contributed by atoms with Crippen molar-refractivity contribution in [3.8, 4) is 0 Å². The lowest BCUT2D eigenvalue weighted by Gasteiger charge is -2.31. The monoisotopic (exact) mass is 243 g/mol. The zero-order valence-corrected chi connectivity index (χ0v) is 10.9. The lowest BCUT2D eigenvalue weighted by Crippen LogP contribution is -2.43. The van der Waals surface area contributed by atoms with Gasteiger partial charge in [0.05, 0.1) is 19.1 Å². The van der Waals surface area contributed by atoms with Gasteiger partial charge in [0.25, 0.3) is 0 Å². The van der Waals surface area contributed by atoms with Crippen molar-refractivity contribution < 1.29 is 19.1 Å². The lowest BCUT2D eigenvalue weighted by atomic mass is 9.94. The van der Waals surface area contributed by atoms with Crippen LogP contribution in [0.2, 0.25) is 0 Å². The first-order chi connectivity index (χ1) is 7.85. The highest BCUT2D eigenvalue weighted by molar-refractivity contribution is 5.79. The molecule has 0 spiro atoms. The molecular weight excluding hydrogens is 222 g/mol. The molecule has 17 heavy (non-hydrogen) atoms. The molecule has 0 aliphatic heterocycles. The predicted molar refractivity (Wildman–Crippen MR) is 62.1 cm³/mol. The number of carbonyl (C=O) groups is 2. The zero-order valence-electron chi connectivity index (χ0n) is 10.9. The van der Waals surface area contributed by atoms with E-state index in [1.54, 1.807) is 0 Å². The highest BCUT2D eigenvalue weighted by Crippen LogP contribution is 2.47. The highest BCUT2D eigenvalue weighted by atomic mass is 16.5. The molecule has 1 atom stereocenters. The molecular formula is C12H21NO4. The molecule has 0 unspecified atom stereocenters. The number of rotatable bonds is 6. The Morgan fingerprint density at radius 1 is 1.47 bits per heavy atom. The molecule has 1 aliphatic carbocycles. The molecule has 1 saturated carbocycles. The SMILES string of the molecule is COC(=O)C1(CO[C@@H](NC=O)C(C)(C)C)CC1. The Labute approximate surface area is 102 Å². The number of hydrogen-bond donors (Lipinski definition) is 1. The summed E-state index contributed by atoms with van der Waals surface area (Å²) < 4.78 is 10.4. The molecule has 0 aromatic carbocycles. The summed E-state index contributed by atoms with van der Waals surface area (Å²) in [5.74, 6) is -0.226. The van der Waals surface area contributed by atoms with Gasteiger partial charge in [0.2, 0.25) is 6.41 Å². The Morgan fingerprint density at radius 3 is 2.41 bits per heavy atom. The van der Waals surface area contributed by atoms with Crippen LogP contribution in [0.4, 0.5) is 0 Å². The van der Waals surface area contributed by atoms with Crippen LogP contribution in [0, 0.1) is 10.8 Å². The normalized spacial score (nSPS) is 19.3. The maximum atomic E-state index is 11.5. The quantitative estimate of drug-likeness (QED) is 0.430. The average Bonchev–Trinajstić information content (AvgIpc) is 3.02. The fourth-order valence-electron chi connectivity index (χ4n) is 1.63. The van der Waals surface area contributed by atoms with Gasteiger partial charge in [-0.15, -0.1) is 0 Å². The van der Waals surface area contributed by atoms with Gasteiger partial charge in [-0.3, -0.25) is 9.59 Å². The van der Waals surface area contributed by atoms with E-state index >= 15 is 0 Å². The van der Waals surface area contributed by atoms with Crippen LogP contribution in [0.25, 0.3) is 0 Å². The first-order valence-electron chi connectivity index (χ1n) is 5.75. The van der Waals surface area contributed by atoms with Gasteiger partial charge in [-0.1, -0.05) is 20.8 Å². The predicted octanol–water partition coefficient (Wildman–Crippen LogP) is 1.07. The highest BCUT2D eigenvalue weighted by Gasteiger charge is 2.52. The number of amides is 1. The Balaban J connectivity index is 2.53. The molecule has 0 saturated heterocycles. The van der Waals surface area contributed by atoms with Gasteiger partial charge in [-0.2, -0.15) is 0 Å². The third kappa shape index (κ3) is 3.43. The molecule has 1 aliphatic rings. The summed E-state index contributed by atoms with van der Waals surface area (Å²) in [7, 11) is 1.38. The summed E-state index contributed by atoms with van der Waals surface area (Å²) in [5, 5.41) is 2.62. The standard InChI is InChI=1S/C12H21NO4/c1-11(2,3)9(13-8-14)17-7-12(5-6-12)10(15)16-4/h8-9H,5-7H2,1-4H3,(H,13,14)/t9-/m1/s1. The van der Waals surface area contributed by atoms with E-state index in [1.807, 2.05) is 20.8 Å². The minimum absolute atomic E-state index is 0.215. The summed E-state index contributed by atoms with van der Waals surface area (Å²) in [4.78, 5) is 22.0. The van der Waals surface area contributed by atoms with Crippen LogP contribution in [0.5, 0.6) is 0 Å². The van der Waals surface area contributed by atoms with Crippen molar-refractivity contribution in [1.29, 1.82) is 0 Å². The van der Waals surface area contributed by atoms with Crippen LogP contribution in [-0.4, -0.2) is 32.3 Å². The van der Waals surface area contributed by atoms with Crippen LogP contribution in [0.3, 0.4) is 0 Å². The molecule has 5 nitrogen and oxygen atoms in total. The smallest absolute Gasteiger partial charge is 0.314 e. The molecule has 1 N–H and O–H groups in total. The Bertz CT molecular complexity index is 291. The maximum absolute atomic E-state index is 11.5. The minimum atomic E-state index is -0.483. The molecule has 0 bridgehead atoms. The largest absolute Gasteiger partial charge is 0.469 e. The molecule has 0 aromatic heterocycles. The molecule has 1 fully saturated rings. The Hall–Kier alpha value is -1.10. The summed E-state index contributed by atoms with van der Waals surface area (Å²) in [5.41, 5.74) is -0.698. The first kappa shape index (κ1) is 14.0. The molecule has 0 radical (unpaired) electrons. The van der Waals surface area contributed by atoms with Crippen molar-refractivity contribution in [2.75, 3.05) is 13.7 Å². The van der Waals surface area contributed by atoms with E-state index in [0.29, 0.717) is 13.0 Å². The van der Waals surface area contributed by atoms with Crippen LogP contribution in [0.15, 0.2) is 0 Å². The van der Waals surface area contributed by atoms with Crippen molar-refractivity contribution >= 4 is 12.4 Å². The summed E-state index contributed by atoms with van der Waals surface area (Å²) in [6.07, 6.45) is 1.80. The number of nitrogens with one attached hydrogen (secondary N) is 1. The fraction of sp³-hybridized carbons (Fsp3) is 0.833. The average molecular weight is 243 g/mol. The van der Waals surface area contributed by atoms with Gasteiger partial charge in [0.1, 0.15) is 6.23 Å². The molecule has 98 valence electrons. The van der Waals surface area contributed by atoms with Crippen molar-refractivity contribution in [2.45, 2.75) is 39.8 Å². The van der Waals surface area contributed by atoms with Crippen molar-refractivity contribution in [3.05, 3.63) is 0 Å². The maximum Gasteiger partial charge on any atom is 0.314 e. The Morgan fingerprint density at radius 2 is 2.06 bits per heavy atom. The van der Waals surface area contributed by atoms with Gasteiger partial charge in [0.15, 0.2) is 0 Å². The third-order valence-corrected chi connectivity index (χ3v) is 3.00. The van der Waals surface area contributed by atoms with E-state index in [0.717, 1.165) is 12.8 Å². The first-order valence-corrected chi connectivity index (χ1v) is 5.75. The Kier molecular flexibility index (Phi) is 4.14. The molecule has 1 rings (SSSR count). The van der Waals surface area contributed by atoms with Gasteiger partial charge in [-0.25, -0.2) is 0 Å². The van der Waals surface area contributed by atoms with E-state index in [9.17, 15) is 9.59 Å². The number of esters is 1. The van der Waals surface area contributed by atoms with E-state index in [4.69, 9.17) is 9.47 Å². The van der Waals surface area contributed by atoms with Crippen LogP contribution in [0.1, 0.15) is 33.6 Å². The minimum Gasteiger partial charge on any atom is -0.469 e. The van der Waals surface area contributed by atoms with Crippen molar-refractivity contribution in [1.82, 2.24) is 5.32 Å². The topological polar surface area (TPSA) is 64.6 Å². The second-order valence-corrected chi connectivity index (χ2v) is 5.61. The second kappa shape index (κ2) is 5.04. The van der Waals surface area contributed by atoms with Crippen LogP contribution in [-0.2, 0) is 19.1 Å². The summed E-state index contributed by atoms with van der Waals surface area (Å²) in [6.45, 7) is 6.19. The number of carbonyl (C=O) groups excluding carboxylic acids is 2. The molecule has 5 heteroatoms. The number of hydrogen-bond acceptors (Lipinski definition) is 4. The van der Waals surface area contributed by atoms with E-state index in [1.165, 1.54) is 7.11 Å². The van der Waals surface area contributed by atoms with E-state index in [-0.39, 0.29) is 11.4 Å². The lowest BCUT2D eigenvalue weighted by molar-refractivity contribution is -0.153. The van der Waals surface area contributed by atoms with E-state index in [2.05, 4.69) is 5.32 Å². The molecule has 1 amide bonds. The van der Waals surface area contributed by atoms with Gasteiger partial charge in [-0.05, 0) is 12.8 Å². The fourth-order valence-corrected chi connectivity index (χ4v) is 1.63. The van der Waals surface area contributed by atoms with E-state index < -0.39 is 11.6 Å². The van der Waals surface area contributed by atoms with Crippen molar-refractivity contribution in [3.63, 3.8) is 0 Å². The summed E-state index contributed by atoms with van der Waals surface area (Å²) in [6, 6.07) is 0. The number of methoxy groups -OCH3 is 1. The van der Waals surface area contributed by atoms with Gasteiger partial charge >= 0.3 is 5.97 Å². The van der Waals surface area contributed by atoms with Crippen LogP contribution >= 0.6 is 0 Å². The van der Waals surface area contributed by atoms with Gasteiger partial charge < -0.3 is 14.8 Å². The van der Waals surface area contributed by atoms with Gasteiger partial charge in [0, 0.05) is 5.41 Å². The molecule has 0 aromatic rings. The molecule has 0 heterocycles.